The van der Waals surface area contributed by atoms with E-state index in [0.29, 0.717) is 66.9 Å². The minimum absolute atomic E-state index is 0.124. The molecular formula is C58H30F3N7. The molecule has 3 aromatic heterocycles. The van der Waals surface area contributed by atoms with E-state index in [1.807, 2.05) is 124 Å². The number of nitrogens with zero attached hydrogens (tertiary/aromatic N) is 7. The lowest BCUT2D eigenvalue weighted by atomic mass is 9.97. The molecule has 0 aliphatic heterocycles. The van der Waals surface area contributed by atoms with E-state index in [0.717, 1.165) is 32.6 Å². The van der Waals surface area contributed by atoms with E-state index in [2.05, 4.69) is 24.3 Å². The highest BCUT2D eigenvalue weighted by atomic mass is 19.4. The van der Waals surface area contributed by atoms with Gasteiger partial charge in [0.25, 0.3) is 0 Å². The predicted octanol–water partition coefficient (Wildman–Crippen LogP) is 14.4. The van der Waals surface area contributed by atoms with Gasteiger partial charge in [0.1, 0.15) is 0 Å². The van der Waals surface area contributed by atoms with Gasteiger partial charge in [0.15, 0.2) is 0 Å². The first-order valence-corrected chi connectivity index (χ1v) is 21.4. The molecule has 10 heteroatoms. The van der Waals surface area contributed by atoms with Gasteiger partial charge in [-0.2, -0.15) is 34.2 Å². The molecule has 8 aromatic carbocycles. The Balaban J connectivity index is 1.29. The summed E-state index contributed by atoms with van der Waals surface area (Å²) in [5, 5.41) is 43.0. The summed E-state index contributed by atoms with van der Waals surface area (Å²) >= 11 is 0. The molecule has 0 unspecified atom stereocenters. The number of fused-ring (bicyclic) bond motifs is 6. The van der Waals surface area contributed by atoms with Crippen LogP contribution in [-0.2, 0) is 6.18 Å². The van der Waals surface area contributed by atoms with Crippen molar-refractivity contribution in [2.75, 3.05) is 0 Å². The second-order valence-corrected chi connectivity index (χ2v) is 16.3. The first-order valence-electron chi connectivity index (χ1n) is 21.4. The molecule has 0 saturated heterocycles. The molecule has 11 aromatic rings. The van der Waals surface area contributed by atoms with Crippen molar-refractivity contribution in [3.63, 3.8) is 0 Å². The Morgan fingerprint density at radius 3 is 1.38 bits per heavy atom. The van der Waals surface area contributed by atoms with Crippen LogP contribution in [0.4, 0.5) is 13.2 Å². The monoisotopic (exact) mass is 881 g/mol. The van der Waals surface area contributed by atoms with Crippen LogP contribution in [0.2, 0.25) is 0 Å². The van der Waals surface area contributed by atoms with Crippen molar-refractivity contribution in [1.82, 2.24) is 14.1 Å². The molecule has 0 N–H and O–H groups in total. The number of rotatable bonds is 6. The zero-order valence-corrected chi connectivity index (χ0v) is 35.6. The second-order valence-electron chi connectivity index (χ2n) is 16.3. The molecule has 0 aliphatic carbocycles. The quantitative estimate of drug-likeness (QED) is 0.165. The van der Waals surface area contributed by atoms with Crippen LogP contribution in [0.1, 0.15) is 27.8 Å². The number of nitriles is 4. The summed E-state index contributed by atoms with van der Waals surface area (Å²) < 4.78 is 51.9. The third-order valence-corrected chi connectivity index (χ3v) is 12.5. The number of pyridine rings is 1. The van der Waals surface area contributed by atoms with E-state index in [-0.39, 0.29) is 22.5 Å². The Labute approximate surface area is 386 Å². The van der Waals surface area contributed by atoms with E-state index in [1.165, 1.54) is 12.1 Å². The van der Waals surface area contributed by atoms with Gasteiger partial charge in [0.05, 0.1) is 96.9 Å². The summed E-state index contributed by atoms with van der Waals surface area (Å²) in [6.07, 6.45) is -4.85. The van der Waals surface area contributed by atoms with Gasteiger partial charge in [-0.1, -0.05) is 109 Å². The van der Waals surface area contributed by atoms with Gasteiger partial charge < -0.3 is 9.13 Å². The van der Waals surface area contributed by atoms with Crippen molar-refractivity contribution < 1.29 is 13.2 Å². The predicted molar refractivity (Wildman–Crippen MR) is 259 cm³/mol. The number of benzene rings is 8. The molecule has 0 radical (unpaired) electrons. The van der Waals surface area contributed by atoms with Gasteiger partial charge in [-0.15, -0.1) is 0 Å². The Hall–Kier alpha value is -9.74. The molecule has 0 spiro atoms. The smallest absolute Gasteiger partial charge is 0.307 e. The molecule has 318 valence electrons. The minimum atomic E-state index is -4.85. The summed E-state index contributed by atoms with van der Waals surface area (Å²) in [6.45, 7) is 0. The number of aromatic nitrogens is 3. The van der Waals surface area contributed by atoms with E-state index in [4.69, 9.17) is 4.98 Å². The minimum Gasteiger partial charge on any atom is -0.307 e. The standard InChI is InChI=1S/C58H30F3N7/c59-58(60,61)49-30-57(68-53-16-7-5-12-45(53)47-24-20-39(28-55(47)68)43-22-18-36(32-63)26-41(43)34-65)56(29-48(49)51-14-8-13-50(66-51)37-9-2-1-3-10-37)67-52-15-6-4-11-44(52)46-23-19-38(27-54(46)67)42-21-17-35(31-62)25-40(42)33-64/h1-30H. The maximum atomic E-state index is 16.0. The summed E-state index contributed by atoms with van der Waals surface area (Å²) in [4.78, 5) is 4.87. The van der Waals surface area contributed by atoms with Crippen LogP contribution in [0.3, 0.4) is 0 Å². The first kappa shape index (κ1) is 41.0. The lowest BCUT2D eigenvalue weighted by molar-refractivity contribution is -0.137. The average molecular weight is 882 g/mol. The number of hydrogen-bond donors (Lipinski definition) is 0. The lowest BCUT2D eigenvalue weighted by Crippen LogP contribution is -2.12. The maximum Gasteiger partial charge on any atom is 0.417 e. The van der Waals surface area contributed by atoms with Crippen LogP contribution in [0.25, 0.3) is 99.8 Å². The number of hydrogen-bond acceptors (Lipinski definition) is 5. The molecule has 0 fully saturated rings. The Kier molecular flexibility index (Phi) is 9.68. The van der Waals surface area contributed by atoms with Gasteiger partial charge in [-0.05, 0) is 95.1 Å². The zero-order valence-electron chi connectivity index (χ0n) is 35.6. The molecule has 68 heavy (non-hydrogen) atoms. The topological polar surface area (TPSA) is 118 Å². The zero-order chi connectivity index (χ0) is 46.7. The molecule has 0 amide bonds. The third kappa shape index (κ3) is 6.69. The molecule has 0 bridgehead atoms. The van der Waals surface area contributed by atoms with Crippen LogP contribution in [0.5, 0.6) is 0 Å². The highest BCUT2D eigenvalue weighted by Crippen LogP contribution is 2.46. The fraction of sp³-hybridized carbons (Fsp3) is 0.0172. The van der Waals surface area contributed by atoms with Crippen LogP contribution < -0.4 is 0 Å². The summed E-state index contributed by atoms with van der Waals surface area (Å²) in [5.74, 6) is 0. The SMILES string of the molecule is N#Cc1ccc(-c2ccc3c4ccccc4n(-c4cc(-c5cccc(-c6ccccc6)n5)c(C(F)(F)F)cc4-n4c5ccccc5c5ccc(-c6ccc(C#N)cc6C#N)cc54)c3c2)c(C#N)c1. The van der Waals surface area contributed by atoms with Crippen LogP contribution in [0, 0.1) is 45.3 Å². The molecule has 0 atom stereocenters. The highest BCUT2D eigenvalue weighted by molar-refractivity contribution is 6.13. The molecular weight excluding hydrogens is 852 g/mol. The molecule has 0 saturated carbocycles. The highest BCUT2D eigenvalue weighted by Gasteiger charge is 2.36. The Morgan fingerprint density at radius 1 is 0.382 bits per heavy atom. The third-order valence-electron chi connectivity index (χ3n) is 12.5. The fourth-order valence-electron chi connectivity index (χ4n) is 9.45. The van der Waals surface area contributed by atoms with Gasteiger partial charge in [-0.25, -0.2) is 4.98 Å². The van der Waals surface area contributed by atoms with Crippen molar-refractivity contribution in [3.05, 3.63) is 210 Å². The van der Waals surface area contributed by atoms with Crippen molar-refractivity contribution in [1.29, 1.82) is 21.0 Å². The summed E-state index contributed by atoms with van der Waals surface area (Å²) in [7, 11) is 0. The Bertz CT molecular complexity index is 4080. The summed E-state index contributed by atoms with van der Waals surface area (Å²) in [5.41, 5.74) is 7.29. The normalized spacial score (nSPS) is 11.4. The lowest BCUT2D eigenvalue weighted by Gasteiger charge is -2.22. The fourth-order valence-corrected chi connectivity index (χ4v) is 9.45. The van der Waals surface area contributed by atoms with Crippen LogP contribution in [-0.4, -0.2) is 14.1 Å². The molecule has 11 rings (SSSR count). The first-order chi connectivity index (χ1) is 33.2. The van der Waals surface area contributed by atoms with Gasteiger partial charge in [-0.3, -0.25) is 0 Å². The van der Waals surface area contributed by atoms with Crippen molar-refractivity contribution in [3.8, 4) is 80.4 Å². The van der Waals surface area contributed by atoms with Gasteiger partial charge in [0, 0.05) is 32.7 Å². The van der Waals surface area contributed by atoms with Crippen molar-refractivity contribution >= 4 is 43.6 Å². The molecule has 7 nitrogen and oxygen atoms in total. The van der Waals surface area contributed by atoms with Gasteiger partial charge >= 0.3 is 6.18 Å². The number of halogens is 3. The average Bonchev–Trinajstić information content (AvgIpc) is 3.89. The number of alkyl halides is 3. The number of para-hydroxylation sites is 2. The Morgan fingerprint density at radius 2 is 0.868 bits per heavy atom. The second kappa shape index (κ2) is 16.1. The van der Waals surface area contributed by atoms with E-state index in [9.17, 15) is 21.0 Å². The maximum absolute atomic E-state index is 16.0. The van der Waals surface area contributed by atoms with Crippen molar-refractivity contribution in [2.45, 2.75) is 6.18 Å². The van der Waals surface area contributed by atoms with E-state index < -0.39 is 11.7 Å². The largest absolute Gasteiger partial charge is 0.417 e. The van der Waals surface area contributed by atoms with E-state index >= 15 is 13.2 Å². The van der Waals surface area contributed by atoms with Crippen LogP contribution in [0.15, 0.2) is 182 Å². The van der Waals surface area contributed by atoms with Gasteiger partial charge in [0.2, 0.25) is 0 Å². The summed E-state index contributed by atoms with van der Waals surface area (Å²) in [6, 6.07) is 62.4. The van der Waals surface area contributed by atoms with Crippen LogP contribution >= 0.6 is 0 Å². The van der Waals surface area contributed by atoms with E-state index in [1.54, 1.807) is 54.6 Å². The van der Waals surface area contributed by atoms with Crippen molar-refractivity contribution in [2.24, 2.45) is 0 Å². The molecule has 3 heterocycles. The molecule has 0 aliphatic rings.